The fourth-order valence-corrected chi connectivity index (χ4v) is 2.93. The summed E-state index contributed by atoms with van der Waals surface area (Å²) < 4.78 is 0. The Bertz CT molecular complexity index is 379. The number of hydrogen-bond acceptors (Lipinski definition) is 2. The second kappa shape index (κ2) is 7.96. The van der Waals surface area contributed by atoms with Crippen molar-refractivity contribution in [3.05, 3.63) is 29.3 Å². The summed E-state index contributed by atoms with van der Waals surface area (Å²) in [5.41, 5.74) is 2.97. The Hall–Kier alpha value is -0.470. The van der Waals surface area contributed by atoms with Crippen LogP contribution in [0, 0.1) is 6.92 Å². The third-order valence-electron chi connectivity index (χ3n) is 3.03. The molecule has 0 bridgehead atoms. The minimum Gasteiger partial charge on any atom is -0.308 e. The first-order valence-electron chi connectivity index (χ1n) is 7.40. The van der Waals surface area contributed by atoms with Gasteiger partial charge in [-0.15, -0.1) is 11.8 Å². The Labute approximate surface area is 123 Å². The lowest BCUT2D eigenvalue weighted by Gasteiger charge is -2.22. The maximum Gasteiger partial charge on any atom is 0.0221 e. The van der Waals surface area contributed by atoms with Crippen molar-refractivity contribution < 1.29 is 0 Å². The van der Waals surface area contributed by atoms with Gasteiger partial charge in [-0.3, -0.25) is 0 Å². The summed E-state index contributed by atoms with van der Waals surface area (Å²) in [5.74, 6) is 1.24. The first kappa shape index (κ1) is 16.6. The Morgan fingerprint density at radius 1 is 1.16 bits per heavy atom. The average Bonchev–Trinajstić information content (AvgIpc) is 2.33. The van der Waals surface area contributed by atoms with Crippen molar-refractivity contribution in [2.75, 3.05) is 5.75 Å². The predicted octanol–water partition coefficient (Wildman–Crippen LogP) is 5.17. The van der Waals surface area contributed by atoms with Gasteiger partial charge in [0.25, 0.3) is 0 Å². The van der Waals surface area contributed by atoms with Gasteiger partial charge in [0, 0.05) is 17.0 Å². The van der Waals surface area contributed by atoms with Gasteiger partial charge in [0.1, 0.15) is 0 Å². The standard InChI is InChI=1S/C17H29NS/c1-6-7-8-11-19-16-10-9-14(2)12-15(16)13-18-17(3,4)5/h9-10,12,18H,6-8,11,13H2,1-5H3. The molecule has 19 heavy (non-hydrogen) atoms. The third kappa shape index (κ3) is 7.03. The zero-order chi connectivity index (χ0) is 14.3. The highest BCUT2D eigenvalue weighted by molar-refractivity contribution is 7.99. The highest BCUT2D eigenvalue weighted by Gasteiger charge is 2.10. The van der Waals surface area contributed by atoms with Crippen molar-refractivity contribution in [1.29, 1.82) is 0 Å². The van der Waals surface area contributed by atoms with Gasteiger partial charge < -0.3 is 5.32 Å². The van der Waals surface area contributed by atoms with Crippen LogP contribution in [0.4, 0.5) is 0 Å². The largest absolute Gasteiger partial charge is 0.308 e. The number of rotatable bonds is 7. The van der Waals surface area contributed by atoms with Crippen LogP contribution in [0.3, 0.4) is 0 Å². The van der Waals surface area contributed by atoms with E-state index in [9.17, 15) is 0 Å². The molecule has 1 nitrogen and oxygen atoms in total. The molecule has 1 N–H and O–H groups in total. The van der Waals surface area contributed by atoms with Crippen molar-refractivity contribution in [2.45, 2.75) is 70.9 Å². The minimum absolute atomic E-state index is 0.174. The van der Waals surface area contributed by atoms with E-state index >= 15 is 0 Å². The Kier molecular flexibility index (Phi) is 6.95. The molecule has 108 valence electrons. The van der Waals surface area contributed by atoms with Crippen molar-refractivity contribution in [2.24, 2.45) is 0 Å². The van der Waals surface area contributed by atoms with Crippen molar-refractivity contribution in [3.63, 3.8) is 0 Å². The van der Waals surface area contributed by atoms with Crippen LogP contribution < -0.4 is 5.32 Å². The molecule has 0 aliphatic heterocycles. The lowest BCUT2D eigenvalue weighted by Crippen LogP contribution is -2.35. The molecular formula is C17H29NS. The van der Waals surface area contributed by atoms with E-state index in [1.165, 1.54) is 41.0 Å². The number of hydrogen-bond donors (Lipinski definition) is 1. The van der Waals surface area contributed by atoms with Crippen LogP contribution in [0.15, 0.2) is 23.1 Å². The van der Waals surface area contributed by atoms with Gasteiger partial charge in [0.05, 0.1) is 0 Å². The monoisotopic (exact) mass is 279 g/mol. The molecule has 0 saturated carbocycles. The number of thioether (sulfide) groups is 1. The molecule has 0 radical (unpaired) electrons. The second-order valence-electron chi connectivity index (χ2n) is 6.27. The molecule has 0 heterocycles. The molecular weight excluding hydrogens is 250 g/mol. The van der Waals surface area contributed by atoms with Gasteiger partial charge >= 0.3 is 0 Å². The first-order chi connectivity index (χ1) is 8.92. The highest BCUT2D eigenvalue weighted by atomic mass is 32.2. The van der Waals surface area contributed by atoms with Gasteiger partial charge in [-0.05, 0) is 51.5 Å². The van der Waals surface area contributed by atoms with Crippen LogP contribution in [0.1, 0.15) is 58.1 Å². The van der Waals surface area contributed by atoms with Gasteiger partial charge in [0.2, 0.25) is 0 Å². The van der Waals surface area contributed by atoms with Gasteiger partial charge in [-0.1, -0.05) is 37.5 Å². The zero-order valence-electron chi connectivity index (χ0n) is 13.2. The van der Waals surface area contributed by atoms with E-state index in [1.54, 1.807) is 0 Å². The van der Waals surface area contributed by atoms with Crippen molar-refractivity contribution >= 4 is 11.8 Å². The normalized spacial score (nSPS) is 11.8. The molecule has 0 spiro atoms. The number of unbranched alkanes of at least 4 members (excludes halogenated alkanes) is 2. The predicted molar refractivity (Wildman–Crippen MR) is 88.0 cm³/mol. The van der Waals surface area contributed by atoms with E-state index in [1.807, 2.05) is 11.8 Å². The molecule has 0 fully saturated rings. The SMILES string of the molecule is CCCCCSc1ccc(C)cc1CNC(C)(C)C. The molecule has 1 rings (SSSR count). The molecule has 0 aliphatic carbocycles. The fraction of sp³-hybridized carbons (Fsp3) is 0.647. The molecule has 0 aromatic heterocycles. The summed E-state index contributed by atoms with van der Waals surface area (Å²) in [5, 5.41) is 3.59. The summed E-state index contributed by atoms with van der Waals surface area (Å²) in [4.78, 5) is 1.44. The van der Waals surface area contributed by atoms with Crippen LogP contribution >= 0.6 is 11.8 Å². The summed E-state index contributed by atoms with van der Waals surface area (Å²) in [6.07, 6.45) is 3.96. The minimum atomic E-state index is 0.174. The number of benzene rings is 1. The maximum absolute atomic E-state index is 3.59. The smallest absolute Gasteiger partial charge is 0.0221 e. The molecule has 2 heteroatoms. The topological polar surface area (TPSA) is 12.0 Å². The van der Waals surface area contributed by atoms with E-state index < -0.39 is 0 Å². The fourth-order valence-electron chi connectivity index (χ4n) is 1.88. The Balaban J connectivity index is 2.63. The summed E-state index contributed by atoms with van der Waals surface area (Å²) in [6.45, 7) is 12.0. The zero-order valence-corrected chi connectivity index (χ0v) is 14.0. The van der Waals surface area contributed by atoms with E-state index in [0.29, 0.717) is 0 Å². The maximum atomic E-state index is 3.59. The molecule has 0 saturated heterocycles. The van der Waals surface area contributed by atoms with E-state index in [0.717, 1.165) is 6.54 Å². The summed E-state index contributed by atoms with van der Waals surface area (Å²) in [6, 6.07) is 6.83. The van der Waals surface area contributed by atoms with Gasteiger partial charge in [0.15, 0.2) is 0 Å². The highest BCUT2D eigenvalue weighted by Crippen LogP contribution is 2.25. The Morgan fingerprint density at radius 3 is 2.53 bits per heavy atom. The molecule has 1 aromatic carbocycles. The van der Waals surface area contributed by atoms with E-state index in [4.69, 9.17) is 0 Å². The third-order valence-corrected chi connectivity index (χ3v) is 4.23. The summed E-state index contributed by atoms with van der Waals surface area (Å²) in [7, 11) is 0. The number of aryl methyl sites for hydroxylation is 1. The first-order valence-corrected chi connectivity index (χ1v) is 8.38. The van der Waals surface area contributed by atoms with Gasteiger partial charge in [-0.25, -0.2) is 0 Å². The summed E-state index contributed by atoms with van der Waals surface area (Å²) >= 11 is 2.01. The molecule has 0 amide bonds. The van der Waals surface area contributed by atoms with Crippen LogP contribution in [0.5, 0.6) is 0 Å². The van der Waals surface area contributed by atoms with Gasteiger partial charge in [-0.2, -0.15) is 0 Å². The van der Waals surface area contributed by atoms with Crippen LogP contribution in [-0.4, -0.2) is 11.3 Å². The van der Waals surface area contributed by atoms with Crippen LogP contribution in [0.25, 0.3) is 0 Å². The van der Waals surface area contributed by atoms with Crippen LogP contribution in [0.2, 0.25) is 0 Å². The molecule has 0 atom stereocenters. The quantitative estimate of drug-likeness (QED) is 0.546. The molecule has 0 unspecified atom stereocenters. The van der Waals surface area contributed by atoms with E-state index in [2.05, 4.69) is 58.1 Å². The van der Waals surface area contributed by atoms with Crippen molar-refractivity contribution in [1.82, 2.24) is 5.32 Å². The number of nitrogens with one attached hydrogen (secondary N) is 1. The molecule has 0 aliphatic rings. The van der Waals surface area contributed by atoms with Crippen LogP contribution in [-0.2, 0) is 6.54 Å². The Morgan fingerprint density at radius 2 is 1.89 bits per heavy atom. The average molecular weight is 279 g/mol. The van der Waals surface area contributed by atoms with E-state index in [-0.39, 0.29) is 5.54 Å². The lowest BCUT2D eigenvalue weighted by atomic mass is 10.1. The second-order valence-corrected chi connectivity index (χ2v) is 7.41. The lowest BCUT2D eigenvalue weighted by molar-refractivity contribution is 0.422. The van der Waals surface area contributed by atoms with Crippen molar-refractivity contribution in [3.8, 4) is 0 Å². The molecule has 1 aromatic rings.